The maximum atomic E-state index is 12.5. The molecule has 4 heteroatoms. The van der Waals surface area contributed by atoms with Crippen LogP contribution < -0.4 is 0 Å². The number of aryl methyl sites for hydroxylation is 3. The van der Waals surface area contributed by atoms with Crippen molar-refractivity contribution in [1.29, 1.82) is 0 Å². The van der Waals surface area contributed by atoms with Gasteiger partial charge in [-0.2, -0.15) is 0 Å². The van der Waals surface area contributed by atoms with Gasteiger partial charge in [-0.25, -0.2) is 0 Å². The first kappa shape index (κ1) is 15.3. The van der Waals surface area contributed by atoms with Crippen molar-refractivity contribution in [2.45, 2.75) is 20.8 Å². The van der Waals surface area contributed by atoms with E-state index in [9.17, 15) is 4.79 Å². The van der Waals surface area contributed by atoms with Gasteiger partial charge in [-0.3, -0.25) is 4.79 Å². The average Bonchev–Trinajstić information content (AvgIpc) is 2.27. The Morgan fingerprint density at radius 2 is 1.50 bits per heavy atom. The lowest BCUT2D eigenvalue weighted by Gasteiger charge is -2.23. The normalized spacial score (nSPS) is 10.5. The molecule has 0 heterocycles. The number of hydrogen-bond acceptors (Lipinski definition) is 1. The summed E-state index contributed by atoms with van der Waals surface area (Å²) in [5, 5.41) is 0. The first-order chi connectivity index (χ1) is 8.51. The molecule has 0 aromatic heterocycles. The average molecular weight is 288 g/mol. The Labute approximate surface area is 119 Å². The Bertz CT molecular complexity index is 403. The van der Waals surface area contributed by atoms with Gasteiger partial charge in [-0.05, 0) is 31.9 Å². The summed E-state index contributed by atoms with van der Waals surface area (Å²) in [6.45, 7) is 7.02. The van der Waals surface area contributed by atoms with Crippen LogP contribution in [0.2, 0.25) is 0 Å². The molecule has 1 aromatic rings. The molecular weight excluding hydrogens is 269 g/mol. The summed E-state index contributed by atoms with van der Waals surface area (Å²) < 4.78 is 0. The Hall–Kier alpha value is -0.730. The van der Waals surface area contributed by atoms with Gasteiger partial charge in [0.1, 0.15) is 0 Å². The molecule has 0 aliphatic heterocycles. The summed E-state index contributed by atoms with van der Waals surface area (Å²) in [5.74, 6) is 0.866. The molecule has 0 saturated carbocycles. The lowest BCUT2D eigenvalue weighted by atomic mass is 9.99. The second-order valence-corrected chi connectivity index (χ2v) is 5.20. The van der Waals surface area contributed by atoms with Crippen molar-refractivity contribution >= 4 is 29.1 Å². The smallest absolute Gasteiger partial charge is 0.254 e. The molecule has 0 aliphatic rings. The van der Waals surface area contributed by atoms with Crippen molar-refractivity contribution < 1.29 is 4.79 Å². The van der Waals surface area contributed by atoms with Crippen LogP contribution in [0.25, 0.3) is 0 Å². The largest absolute Gasteiger partial charge is 0.336 e. The standard InChI is InChI=1S/C14H19Cl2NO/c1-10-8-11(2)13(12(3)9-10)14(18)17(6-4-15)7-5-16/h8-9H,4-7H2,1-3H3. The number of amides is 1. The molecule has 2 nitrogen and oxygen atoms in total. The summed E-state index contributed by atoms with van der Waals surface area (Å²) in [5.41, 5.74) is 3.96. The molecule has 100 valence electrons. The van der Waals surface area contributed by atoms with E-state index < -0.39 is 0 Å². The molecule has 1 rings (SSSR count). The van der Waals surface area contributed by atoms with Crippen LogP contribution in [0.5, 0.6) is 0 Å². The third kappa shape index (κ3) is 3.63. The van der Waals surface area contributed by atoms with Gasteiger partial charge in [0, 0.05) is 30.4 Å². The summed E-state index contributed by atoms with van der Waals surface area (Å²) in [7, 11) is 0. The number of nitrogens with zero attached hydrogens (tertiary/aromatic N) is 1. The molecule has 0 fully saturated rings. The van der Waals surface area contributed by atoms with Crippen LogP contribution in [-0.2, 0) is 0 Å². The van der Waals surface area contributed by atoms with Crippen molar-refractivity contribution in [3.63, 3.8) is 0 Å². The first-order valence-electron chi connectivity index (χ1n) is 6.00. The van der Waals surface area contributed by atoms with E-state index in [-0.39, 0.29) is 5.91 Å². The second-order valence-electron chi connectivity index (χ2n) is 4.44. The van der Waals surface area contributed by atoms with Gasteiger partial charge < -0.3 is 4.90 Å². The summed E-state index contributed by atoms with van der Waals surface area (Å²) in [4.78, 5) is 14.2. The summed E-state index contributed by atoms with van der Waals surface area (Å²) in [6, 6.07) is 4.06. The van der Waals surface area contributed by atoms with E-state index in [4.69, 9.17) is 23.2 Å². The fraction of sp³-hybridized carbons (Fsp3) is 0.500. The highest BCUT2D eigenvalue weighted by Crippen LogP contribution is 2.18. The molecule has 0 unspecified atom stereocenters. The quantitative estimate of drug-likeness (QED) is 0.759. The molecule has 0 bridgehead atoms. The Balaban J connectivity index is 3.08. The number of carbonyl (C=O) groups is 1. The molecule has 0 saturated heterocycles. The van der Waals surface area contributed by atoms with Crippen molar-refractivity contribution in [2.75, 3.05) is 24.8 Å². The van der Waals surface area contributed by atoms with Crippen LogP contribution in [0.4, 0.5) is 0 Å². The second kappa shape index (κ2) is 7.01. The molecule has 0 atom stereocenters. The number of hydrogen-bond donors (Lipinski definition) is 0. The molecule has 18 heavy (non-hydrogen) atoms. The predicted molar refractivity (Wildman–Crippen MR) is 78.0 cm³/mol. The van der Waals surface area contributed by atoms with Crippen molar-refractivity contribution in [2.24, 2.45) is 0 Å². The Morgan fingerprint density at radius 1 is 1.06 bits per heavy atom. The third-order valence-electron chi connectivity index (χ3n) is 2.89. The number of benzene rings is 1. The molecule has 0 spiro atoms. The van der Waals surface area contributed by atoms with E-state index in [0.717, 1.165) is 16.7 Å². The van der Waals surface area contributed by atoms with Crippen LogP contribution in [0.1, 0.15) is 27.0 Å². The summed E-state index contributed by atoms with van der Waals surface area (Å²) >= 11 is 11.5. The van der Waals surface area contributed by atoms with E-state index in [1.54, 1.807) is 4.90 Å². The summed E-state index contributed by atoms with van der Waals surface area (Å²) in [6.07, 6.45) is 0. The van der Waals surface area contributed by atoms with Crippen LogP contribution in [0, 0.1) is 20.8 Å². The number of halogens is 2. The monoisotopic (exact) mass is 287 g/mol. The van der Waals surface area contributed by atoms with E-state index >= 15 is 0 Å². The molecule has 0 N–H and O–H groups in total. The Kier molecular flexibility index (Phi) is 5.97. The molecule has 0 radical (unpaired) electrons. The molecule has 1 aromatic carbocycles. The fourth-order valence-corrected chi connectivity index (χ4v) is 2.60. The topological polar surface area (TPSA) is 20.3 Å². The van der Waals surface area contributed by atoms with Gasteiger partial charge in [0.15, 0.2) is 0 Å². The number of alkyl halides is 2. The fourth-order valence-electron chi connectivity index (χ4n) is 2.19. The van der Waals surface area contributed by atoms with Gasteiger partial charge in [-0.15, -0.1) is 23.2 Å². The highest BCUT2D eigenvalue weighted by Gasteiger charge is 2.19. The van der Waals surface area contributed by atoms with Gasteiger partial charge in [0.05, 0.1) is 0 Å². The minimum absolute atomic E-state index is 0.0197. The van der Waals surface area contributed by atoms with E-state index in [1.807, 2.05) is 32.9 Å². The van der Waals surface area contributed by atoms with E-state index in [2.05, 4.69) is 0 Å². The van der Waals surface area contributed by atoms with Gasteiger partial charge >= 0.3 is 0 Å². The highest BCUT2D eigenvalue weighted by molar-refractivity contribution is 6.18. The number of rotatable bonds is 5. The van der Waals surface area contributed by atoms with Gasteiger partial charge in [-0.1, -0.05) is 17.7 Å². The third-order valence-corrected chi connectivity index (χ3v) is 3.23. The number of carbonyl (C=O) groups excluding carboxylic acids is 1. The molecular formula is C14H19Cl2NO. The zero-order valence-electron chi connectivity index (χ0n) is 11.1. The maximum Gasteiger partial charge on any atom is 0.254 e. The molecule has 0 aliphatic carbocycles. The van der Waals surface area contributed by atoms with Crippen molar-refractivity contribution in [3.05, 3.63) is 34.4 Å². The first-order valence-corrected chi connectivity index (χ1v) is 7.07. The SMILES string of the molecule is Cc1cc(C)c(C(=O)N(CCCl)CCCl)c(C)c1. The van der Waals surface area contributed by atoms with Crippen molar-refractivity contribution in [1.82, 2.24) is 4.90 Å². The van der Waals surface area contributed by atoms with Crippen LogP contribution in [0.3, 0.4) is 0 Å². The minimum Gasteiger partial charge on any atom is -0.336 e. The van der Waals surface area contributed by atoms with Crippen LogP contribution >= 0.6 is 23.2 Å². The van der Waals surface area contributed by atoms with Gasteiger partial charge in [0.2, 0.25) is 0 Å². The lowest BCUT2D eigenvalue weighted by molar-refractivity contribution is 0.0773. The van der Waals surface area contributed by atoms with Crippen molar-refractivity contribution in [3.8, 4) is 0 Å². The molecule has 1 amide bonds. The van der Waals surface area contributed by atoms with Crippen LogP contribution in [0.15, 0.2) is 12.1 Å². The van der Waals surface area contributed by atoms with E-state index in [1.165, 1.54) is 5.56 Å². The Morgan fingerprint density at radius 3 is 1.89 bits per heavy atom. The highest BCUT2D eigenvalue weighted by atomic mass is 35.5. The predicted octanol–water partition coefficient (Wildman–Crippen LogP) is 3.53. The van der Waals surface area contributed by atoms with Gasteiger partial charge in [0.25, 0.3) is 5.91 Å². The van der Waals surface area contributed by atoms with Crippen LogP contribution in [-0.4, -0.2) is 35.7 Å². The minimum atomic E-state index is 0.0197. The zero-order valence-corrected chi connectivity index (χ0v) is 12.6. The van der Waals surface area contributed by atoms with E-state index in [0.29, 0.717) is 24.8 Å². The lowest BCUT2D eigenvalue weighted by Crippen LogP contribution is -2.35. The zero-order chi connectivity index (χ0) is 13.7. The maximum absolute atomic E-state index is 12.5.